The van der Waals surface area contributed by atoms with E-state index < -0.39 is 0 Å². The molecule has 0 radical (unpaired) electrons. The first-order chi connectivity index (χ1) is 12.4. The summed E-state index contributed by atoms with van der Waals surface area (Å²) in [6.07, 6.45) is 2.00. The van der Waals surface area contributed by atoms with Gasteiger partial charge in [-0.1, -0.05) is 44.2 Å². The zero-order chi connectivity index (χ0) is 18.8. The molecule has 0 aliphatic heterocycles. The second-order valence-electron chi connectivity index (χ2n) is 6.61. The molecule has 0 saturated carbocycles. The third-order valence-corrected chi connectivity index (χ3v) is 5.47. The lowest BCUT2D eigenvalue weighted by Gasteiger charge is -2.08. The fourth-order valence-corrected chi connectivity index (χ4v) is 3.85. The number of hydrogen-bond acceptors (Lipinski definition) is 7. The molecule has 3 aromatic rings. The summed E-state index contributed by atoms with van der Waals surface area (Å²) in [6.45, 7) is 10.1. The molecular formula is C18H23N5O2S. The Morgan fingerprint density at radius 2 is 2.00 bits per heavy atom. The van der Waals surface area contributed by atoms with Gasteiger partial charge in [-0.2, -0.15) is 0 Å². The predicted octanol–water partition coefficient (Wildman–Crippen LogP) is 4.66. The molecule has 0 spiro atoms. The molecule has 0 fully saturated rings. The van der Waals surface area contributed by atoms with E-state index in [9.17, 15) is 4.79 Å². The summed E-state index contributed by atoms with van der Waals surface area (Å²) in [5.74, 6) is 0.288. The molecule has 7 nitrogen and oxygen atoms in total. The van der Waals surface area contributed by atoms with Crippen LogP contribution >= 0.6 is 11.3 Å². The van der Waals surface area contributed by atoms with E-state index in [1.54, 1.807) is 13.0 Å². The number of pyridine rings is 1. The molecule has 3 aromatic heterocycles. The van der Waals surface area contributed by atoms with Gasteiger partial charge in [0, 0.05) is 11.6 Å². The minimum atomic E-state index is -0.252. The number of hydrogen-bond donors (Lipinski definition) is 1. The molecule has 26 heavy (non-hydrogen) atoms. The summed E-state index contributed by atoms with van der Waals surface area (Å²) < 4.78 is 5.28. The number of aromatic nitrogens is 4. The number of nitrogens with zero attached hydrogens (tertiary/aromatic N) is 4. The zero-order valence-corrected chi connectivity index (χ0v) is 16.5. The van der Waals surface area contributed by atoms with Crippen molar-refractivity contribution >= 4 is 33.5 Å². The normalized spacial score (nSPS) is 11.7. The first kappa shape index (κ1) is 18.4. The molecule has 0 bridgehead atoms. The summed E-state index contributed by atoms with van der Waals surface area (Å²) in [5.41, 5.74) is 2.31. The number of carbonyl (C=O) groups excluding carboxylic acids is 1. The minimum absolute atomic E-state index is 0.166. The molecule has 0 aromatic carbocycles. The van der Waals surface area contributed by atoms with Crippen LogP contribution in [-0.2, 0) is 0 Å². The third-order valence-electron chi connectivity index (χ3n) is 4.47. The fourth-order valence-electron chi connectivity index (χ4n) is 2.84. The van der Waals surface area contributed by atoms with Gasteiger partial charge in [0.15, 0.2) is 0 Å². The number of aryl methyl sites for hydroxylation is 1. The van der Waals surface area contributed by atoms with Gasteiger partial charge in [-0.25, -0.2) is 4.98 Å². The highest BCUT2D eigenvalue weighted by molar-refractivity contribution is 7.15. The molecule has 0 aliphatic rings. The highest BCUT2D eigenvalue weighted by atomic mass is 32.1. The van der Waals surface area contributed by atoms with Crippen LogP contribution in [0.4, 0.5) is 5.13 Å². The van der Waals surface area contributed by atoms with Gasteiger partial charge in [0.05, 0.1) is 16.6 Å². The van der Waals surface area contributed by atoms with Gasteiger partial charge in [0.25, 0.3) is 11.6 Å². The molecule has 0 atom stereocenters. The van der Waals surface area contributed by atoms with Crippen LogP contribution in [0.5, 0.6) is 0 Å². The van der Waals surface area contributed by atoms with Crippen LogP contribution in [0.2, 0.25) is 0 Å². The summed E-state index contributed by atoms with van der Waals surface area (Å²) >= 11 is 1.43. The van der Waals surface area contributed by atoms with Crippen molar-refractivity contribution in [3.8, 4) is 0 Å². The van der Waals surface area contributed by atoms with Crippen LogP contribution < -0.4 is 5.32 Å². The molecule has 0 unspecified atom stereocenters. The molecule has 1 N–H and O–H groups in total. The monoisotopic (exact) mass is 373 g/mol. The quantitative estimate of drug-likeness (QED) is 0.675. The zero-order valence-electron chi connectivity index (χ0n) is 15.7. The highest BCUT2D eigenvalue weighted by Crippen LogP contribution is 2.29. The maximum absolute atomic E-state index is 12.9. The molecule has 8 heteroatoms. The summed E-state index contributed by atoms with van der Waals surface area (Å²) in [4.78, 5) is 17.4. The van der Waals surface area contributed by atoms with E-state index in [1.165, 1.54) is 11.3 Å². The summed E-state index contributed by atoms with van der Waals surface area (Å²) in [7, 11) is 0. The number of nitrogens with one attached hydrogen (secondary N) is 1. The van der Waals surface area contributed by atoms with Gasteiger partial charge < -0.3 is 4.52 Å². The Morgan fingerprint density at radius 1 is 1.27 bits per heavy atom. The van der Waals surface area contributed by atoms with Crippen LogP contribution in [-0.4, -0.2) is 26.2 Å². The lowest BCUT2D eigenvalue weighted by molar-refractivity contribution is 0.102. The minimum Gasteiger partial charge on any atom is -0.336 e. The van der Waals surface area contributed by atoms with Gasteiger partial charge in [0.2, 0.25) is 5.13 Å². The van der Waals surface area contributed by atoms with E-state index in [0.29, 0.717) is 33.4 Å². The van der Waals surface area contributed by atoms with Crippen molar-refractivity contribution < 1.29 is 9.32 Å². The number of anilines is 1. The second-order valence-corrected chi connectivity index (χ2v) is 7.62. The van der Waals surface area contributed by atoms with Crippen LogP contribution in [0, 0.1) is 6.92 Å². The van der Waals surface area contributed by atoms with Crippen LogP contribution in [0.3, 0.4) is 0 Å². The van der Waals surface area contributed by atoms with E-state index in [2.05, 4.69) is 39.5 Å². The molecule has 0 aliphatic carbocycles. The number of fused-ring (bicyclic) bond motifs is 1. The average molecular weight is 373 g/mol. The maximum atomic E-state index is 12.9. The van der Waals surface area contributed by atoms with Crippen molar-refractivity contribution in [1.29, 1.82) is 0 Å². The predicted molar refractivity (Wildman–Crippen MR) is 102 cm³/mol. The van der Waals surface area contributed by atoms with Crippen molar-refractivity contribution in [1.82, 2.24) is 20.3 Å². The Labute approximate surface area is 156 Å². The van der Waals surface area contributed by atoms with Gasteiger partial charge in [0.1, 0.15) is 5.01 Å². The largest absolute Gasteiger partial charge is 0.336 e. The topological polar surface area (TPSA) is 93.8 Å². The second kappa shape index (κ2) is 7.49. The number of amides is 1. The van der Waals surface area contributed by atoms with E-state index in [0.717, 1.165) is 23.5 Å². The highest BCUT2D eigenvalue weighted by Gasteiger charge is 2.21. The standard InChI is InChI=1S/C18H23N5O2S/c1-6-11(7-2)17-21-22-18(26-17)20-15(24)12-8-13(9(3)4)19-16-14(12)10(5)23-25-16/h8-9,11H,6-7H2,1-5H3,(H,20,22,24). The first-order valence-corrected chi connectivity index (χ1v) is 9.67. The average Bonchev–Trinajstić information content (AvgIpc) is 3.22. The van der Waals surface area contributed by atoms with Crippen molar-refractivity contribution in [3.63, 3.8) is 0 Å². The molecule has 3 heterocycles. The Bertz CT molecular complexity index is 927. The Morgan fingerprint density at radius 3 is 2.65 bits per heavy atom. The molecule has 0 saturated heterocycles. The van der Waals surface area contributed by atoms with E-state index in [4.69, 9.17) is 4.52 Å². The van der Waals surface area contributed by atoms with Crippen LogP contribution in [0.1, 0.15) is 79.1 Å². The molecule has 1 amide bonds. The van der Waals surface area contributed by atoms with Gasteiger partial charge in [-0.15, -0.1) is 10.2 Å². The van der Waals surface area contributed by atoms with Gasteiger partial charge in [-0.3, -0.25) is 10.1 Å². The Hall–Kier alpha value is -2.35. The summed E-state index contributed by atoms with van der Waals surface area (Å²) in [5, 5.41) is 17.3. The van der Waals surface area contributed by atoms with E-state index in [-0.39, 0.29) is 11.8 Å². The fraction of sp³-hybridized carbons (Fsp3) is 0.500. The lowest BCUT2D eigenvalue weighted by Crippen LogP contribution is -2.13. The van der Waals surface area contributed by atoms with E-state index >= 15 is 0 Å². The van der Waals surface area contributed by atoms with Crippen LogP contribution in [0.15, 0.2) is 10.6 Å². The number of rotatable bonds is 6. The van der Waals surface area contributed by atoms with Crippen molar-refractivity contribution in [3.05, 3.63) is 28.0 Å². The van der Waals surface area contributed by atoms with Crippen molar-refractivity contribution in [2.75, 3.05) is 5.32 Å². The van der Waals surface area contributed by atoms with Crippen molar-refractivity contribution in [2.24, 2.45) is 0 Å². The number of carbonyl (C=O) groups is 1. The molecule has 138 valence electrons. The maximum Gasteiger partial charge on any atom is 0.259 e. The first-order valence-electron chi connectivity index (χ1n) is 8.86. The van der Waals surface area contributed by atoms with Crippen LogP contribution in [0.25, 0.3) is 11.1 Å². The SMILES string of the molecule is CCC(CC)c1nnc(NC(=O)c2cc(C(C)C)nc3onc(C)c23)s1. The molecule has 3 rings (SSSR count). The van der Waals surface area contributed by atoms with Gasteiger partial charge >= 0.3 is 0 Å². The smallest absolute Gasteiger partial charge is 0.259 e. The van der Waals surface area contributed by atoms with Crippen molar-refractivity contribution in [2.45, 2.75) is 59.3 Å². The van der Waals surface area contributed by atoms with E-state index in [1.807, 2.05) is 13.8 Å². The summed E-state index contributed by atoms with van der Waals surface area (Å²) in [6, 6.07) is 1.80. The lowest BCUT2D eigenvalue weighted by atomic mass is 10.0. The van der Waals surface area contributed by atoms with Gasteiger partial charge in [-0.05, 0) is 31.7 Å². The Kier molecular flexibility index (Phi) is 5.31. The molecular weight excluding hydrogens is 350 g/mol. The third kappa shape index (κ3) is 3.46. The Balaban J connectivity index is 1.94.